The summed E-state index contributed by atoms with van der Waals surface area (Å²) in [6.07, 6.45) is 1.70. The second-order valence-electron chi connectivity index (χ2n) is 7.32. The zero-order valence-corrected chi connectivity index (χ0v) is 15.0. The molecule has 2 aliphatic rings. The number of ketones is 2. The average Bonchev–Trinajstić information content (AvgIpc) is 2.81. The molecule has 1 fully saturated rings. The fourth-order valence-corrected chi connectivity index (χ4v) is 4.78. The minimum absolute atomic E-state index is 0.0189. The number of phenols is 1. The Kier molecular flexibility index (Phi) is 3.52. The third-order valence-electron chi connectivity index (χ3n) is 5.71. The van der Waals surface area contributed by atoms with E-state index in [2.05, 4.69) is 29.8 Å². The Balaban J connectivity index is 2.32. The number of hydrogen-bond donors (Lipinski definition) is 1. The van der Waals surface area contributed by atoms with Gasteiger partial charge in [-0.1, -0.05) is 26.8 Å². The van der Waals surface area contributed by atoms with Crippen molar-refractivity contribution in [2.75, 3.05) is 0 Å². The minimum Gasteiger partial charge on any atom is -0.506 e. The highest BCUT2D eigenvalue weighted by atomic mass is 79.9. The first kappa shape index (κ1) is 15.7. The monoisotopic (exact) mass is 364 g/mol. The molecule has 118 valence electrons. The number of phenolic OH excluding ortho intramolecular Hbond substituents is 1. The fourth-order valence-electron chi connectivity index (χ4n) is 4.47. The smallest absolute Gasteiger partial charge is 0.233 e. The van der Waals surface area contributed by atoms with Gasteiger partial charge in [0.1, 0.15) is 5.75 Å². The number of fused-ring (bicyclic) bond motifs is 3. The van der Waals surface area contributed by atoms with Crippen molar-refractivity contribution in [1.29, 1.82) is 0 Å². The maximum atomic E-state index is 12.7. The zero-order valence-electron chi connectivity index (χ0n) is 13.4. The lowest BCUT2D eigenvalue weighted by atomic mass is 9.62. The quantitative estimate of drug-likeness (QED) is 0.752. The molecule has 1 N–H and O–H groups in total. The molecule has 22 heavy (non-hydrogen) atoms. The van der Waals surface area contributed by atoms with Gasteiger partial charge in [0.05, 0.1) is 10.0 Å². The van der Waals surface area contributed by atoms with Crippen LogP contribution in [-0.4, -0.2) is 16.7 Å². The first-order chi connectivity index (χ1) is 10.2. The van der Waals surface area contributed by atoms with Crippen LogP contribution in [-0.2, 0) is 4.79 Å². The van der Waals surface area contributed by atoms with E-state index in [-0.39, 0.29) is 23.0 Å². The second-order valence-corrected chi connectivity index (χ2v) is 8.11. The molecular weight excluding hydrogens is 344 g/mol. The number of carbonyl (C=O) groups excluding carboxylic acids is 2. The van der Waals surface area contributed by atoms with Gasteiger partial charge in [-0.2, -0.15) is 0 Å². The van der Waals surface area contributed by atoms with Crippen LogP contribution in [0.2, 0.25) is 0 Å². The van der Waals surface area contributed by atoms with Crippen molar-refractivity contribution in [2.45, 2.75) is 46.5 Å². The highest BCUT2D eigenvalue weighted by molar-refractivity contribution is 9.10. The van der Waals surface area contributed by atoms with Gasteiger partial charge in [0, 0.05) is 11.3 Å². The highest BCUT2D eigenvalue weighted by Gasteiger charge is 2.57. The van der Waals surface area contributed by atoms with E-state index in [9.17, 15) is 14.7 Å². The summed E-state index contributed by atoms with van der Waals surface area (Å²) in [5.74, 6) is -0.127. The molecule has 0 saturated heterocycles. The van der Waals surface area contributed by atoms with Gasteiger partial charge in [-0.15, -0.1) is 0 Å². The van der Waals surface area contributed by atoms with Gasteiger partial charge in [-0.25, -0.2) is 0 Å². The Hall–Kier alpha value is -1.16. The van der Waals surface area contributed by atoms with Crippen molar-refractivity contribution >= 4 is 27.5 Å². The number of halogens is 1. The molecule has 3 nitrogen and oxygen atoms in total. The molecule has 0 heterocycles. The third-order valence-corrected chi connectivity index (χ3v) is 6.71. The Morgan fingerprint density at radius 1 is 1.36 bits per heavy atom. The van der Waals surface area contributed by atoms with Crippen molar-refractivity contribution < 1.29 is 14.7 Å². The Morgan fingerprint density at radius 3 is 2.59 bits per heavy atom. The van der Waals surface area contributed by atoms with Crippen molar-refractivity contribution in [3.05, 3.63) is 27.2 Å². The van der Waals surface area contributed by atoms with Crippen molar-refractivity contribution in [3.8, 4) is 5.75 Å². The lowest BCUT2D eigenvalue weighted by molar-refractivity contribution is -0.124. The topological polar surface area (TPSA) is 54.4 Å². The first-order valence-electron chi connectivity index (χ1n) is 7.81. The summed E-state index contributed by atoms with van der Waals surface area (Å²) in [5, 5.41) is 10.4. The van der Waals surface area contributed by atoms with Crippen LogP contribution in [0.4, 0.5) is 0 Å². The second kappa shape index (κ2) is 4.92. The summed E-state index contributed by atoms with van der Waals surface area (Å²) in [5.41, 5.74) is 1.36. The zero-order chi connectivity index (χ0) is 16.4. The molecule has 0 amide bonds. The number of rotatable bonds is 1. The van der Waals surface area contributed by atoms with Crippen LogP contribution in [0.1, 0.15) is 61.0 Å². The van der Waals surface area contributed by atoms with Crippen LogP contribution >= 0.6 is 15.9 Å². The van der Waals surface area contributed by atoms with Crippen LogP contribution in [0.3, 0.4) is 0 Å². The van der Waals surface area contributed by atoms with Gasteiger partial charge in [-0.05, 0) is 58.7 Å². The van der Waals surface area contributed by atoms with E-state index >= 15 is 0 Å². The maximum Gasteiger partial charge on any atom is 0.233 e. The van der Waals surface area contributed by atoms with Crippen LogP contribution < -0.4 is 0 Å². The molecule has 1 unspecified atom stereocenters. The number of hydrogen-bond acceptors (Lipinski definition) is 3. The SMILES string of the molecule is Cc1cc2c(c(O)c1Br)C(=O)C(=O)[C@@]1(C)CC[C@@H](C(C)C)C21. The fraction of sp³-hybridized carbons (Fsp3) is 0.556. The molecule has 1 saturated carbocycles. The van der Waals surface area contributed by atoms with Crippen molar-refractivity contribution in [3.63, 3.8) is 0 Å². The molecule has 3 atom stereocenters. The van der Waals surface area contributed by atoms with E-state index in [0.717, 1.165) is 24.0 Å². The Labute approximate surface area is 139 Å². The molecule has 0 spiro atoms. The molecule has 4 heteroatoms. The molecule has 2 aliphatic carbocycles. The Morgan fingerprint density at radius 2 is 2.00 bits per heavy atom. The molecule has 0 aliphatic heterocycles. The van der Waals surface area contributed by atoms with Crippen molar-refractivity contribution in [1.82, 2.24) is 0 Å². The Bertz CT molecular complexity index is 692. The van der Waals surface area contributed by atoms with E-state index in [1.807, 2.05) is 19.9 Å². The lowest BCUT2D eigenvalue weighted by Gasteiger charge is -2.39. The average molecular weight is 365 g/mol. The predicted molar refractivity (Wildman–Crippen MR) is 88.3 cm³/mol. The number of benzene rings is 1. The molecule has 3 rings (SSSR count). The van der Waals surface area contributed by atoms with Gasteiger partial charge in [0.25, 0.3) is 0 Å². The van der Waals surface area contributed by atoms with Gasteiger partial charge < -0.3 is 5.11 Å². The highest BCUT2D eigenvalue weighted by Crippen LogP contribution is 2.60. The van der Waals surface area contributed by atoms with Gasteiger partial charge in [0.2, 0.25) is 11.6 Å². The number of aromatic hydroxyl groups is 1. The molecule has 0 aromatic heterocycles. The van der Waals surface area contributed by atoms with Crippen LogP contribution in [0.5, 0.6) is 5.75 Å². The molecule has 1 aromatic carbocycles. The minimum atomic E-state index is -0.619. The van der Waals surface area contributed by atoms with Crippen LogP contribution in [0.25, 0.3) is 0 Å². The molecule has 0 bridgehead atoms. The predicted octanol–water partition coefficient (Wildman–Crippen LogP) is 4.38. The molecule has 1 aromatic rings. The summed E-state index contributed by atoms with van der Waals surface area (Å²) in [7, 11) is 0. The van der Waals surface area contributed by atoms with Crippen LogP contribution in [0, 0.1) is 24.2 Å². The van der Waals surface area contributed by atoms with Crippen LogP contribution in [0.15, 0.2) is 10.5 Å². The normalized spacial score (nSPS) is 30.6. The van der Waals surface area contributed by atoms with Gasteiger partial charge >= 0.3 is 0 Å². The number of aryl methyl sites for hydroxylation is 1. The first-order valence-corrected chi connectivity index (χ1v) is 8.60. The summed E-state index contributed by atoms with van der Waals surface area (Å²) in [4.78, 5) is 25.3. The largest absolute Gasteiger partial charge is 0.506 e. The maximum absolute atomic E-state index is 12.7. The van der Waals surface area contributed by atoms with E-state index in [1.54, 1.807) is 0 Å². The standard InChI is InChI=1S/C18H21BrO3/c1-8(2)10-5-6-18(4)13(10)11-7-9(3)14(19)15(20)12(11)16(21)17(18)22/h7-8,10,13,20H,5-6H2,1-4H3/t10-,13?,18-/m0/s1. The molecular formula is C18H21BrO3. The number of Topliss-reactive ketones (excluding diaryl/α,β-unsaturated/α-hetero) is 2. The van der Waals surface area contributed by atoms with E-state index in [0.29, 0.717) is 16.3 Å². The van der Waals surface area contributed by atoms with E-state index in [1.165, 1.54) is 0 Å². The van der Waals surface area contributed by atoms with Gasteiger partial charge in [-0.3, -0.25) is 9.59 Å². The summed E-state index contributed by atoms with van der Waals surface area (Å²) in [6.45, 7) is 8.17. The third kappa shape index (κ3) is 1.86. The van der Waals surface area contributed by atoms with Gasteiger partial charge in [0.15, 0.2) is 0 Å². The summed E-state index contributed by atoms with van der Waals surface area (Å²) < 4.78 is 0.509. The molecule has 0 radical (unpaired) electrons. The summed E-state index contributed by atoms with van der Waals surface area (Å²) in [6, 6.07) is 1.98. The van der Waals surface area contributed by atoms with E-state index in [4.69, 9.17) is 0 Å². The summed E-state index contributed by atoms with van der Waals surface area (Å²) >= 11 is 3.32. The number of carbonyl (C=O) groups is 2. The lowest BCUT2D eigenvalue weighted by Crippen LogP contribution is -2.43. The van der Waals surface area contributed by atoms with Crippen molar-refractivity contribution in [2.24, 2.45) is 17.3 Å². The van der Waals surface area contributed by atoms with E-state index < -0.39 is 11.2 Å².